The van der Waals surface area contributed by atoms with Gasteiger partial charge in [-0.3, -0.25) is 4.79 Å². The summed E-state index contributed by atoms with van der Waals surface area (Å²) in [6.07, 6.45) is 1.38. The summed E-state index contributed by atoms with van der Waals surface area (Å²) in [6.45, 7) is 0.472. The van der Waals surface area contributed by atoms with Gasteiger partial charge in [0, 0.05) is 18.5 Å². The highest BCUT2D eigenvalue weighted by molar-refractivity contribution is 5.79. The van der Waals surface area contributed by atoms with E-state index in [1.807, 2.05) is 24.3 Å². The zero-order valence-corrected chi connectivity index (χ0v) is 14.4. The highest BCUT2D eigenvalue weighted by atomic mass is 16.6. The van der Waals surface area contributed by atoms with Crippen LogP contribution in [0, 0.1) is 0 Å². The fourth-order valence-electron chi connectivity index (χ4n) is 3.70. The van der Waals surface area contributed by atoms with Crippen molar-refractivity contribution < 1.29 is 19.4 Å². The summed E-state index contributed by atoms with van der Waals surface area (Å²) in [6, 6.07) is 16.5. The molecule has 2 aliphatic rings. The second kappa shape index (κ2) is 6.83. The number of hydrogen-bond acceptors (Lipinski definition) is 3. The molecule has 1 amide bonds. The van der Waals surface area contributed by atoms with E-state index in [2.05, 4.69) is 24.3 Å². The lowest BCUT2D eigenvalue weighted by atomic mass is 9.98. The van der Waals surface area contributed by atoms with Gasteiger partial charge in [0.2, 0.25) is 0 Å². The molecule has 2 aliphatic carbocycles. The van der Waals surface area contributed by atoms with Crippen molar-refractivity contribution in [3.05, 3.63) is 59.7 Å². The van der Waals surface area contributed by atoms with Gasteiger partial charge >= 0.3 is 12.1 Å². The third kappa shape index (κ3) is 3.17. The number of amides is 1. The number of nitrogens with zero attached hydrogens (tertiary/aromatic N) is 1. The Morgan fingerprint density at radius 1 is 1.00 bits per heavy atom. The van der Waals surface area contributed by atoms with Crippen LogP contribution in [0.4, 0.5) is 4.79 Å². The molecule has 0 aromatic heterocycles. The van der Waals surface area contributed by atoms with Crippen molar-refractivity contribution in [3.8, 4) is 11.1 Å². The Morgan fingerprint density at radius 2 is 1.58 bits per heavy atom. The van der Waals surface area contributed by atoms with E-state index in [1.54, 1.807) is 4.90 Å². The predicted molar refractivity (Wildman–Crippen MR) is 97.0 cm³/mol. The number of fused-ring (bicyclic) bond motifs is 3. The maximum Gasteiger partial charge on any atom is 0.410 e. The first kappa shape index (κ1) is 16.6. The zero-order valence-electron chi connectivity index (χ0n) is 14.4. The monoisotopic (exact) mass is 351 g/mol. The van der Waals surface area contributed by atoms with Crippen molar-refractivity contribution in [1.82, 2.24) is 4.90 Å². The third-order valence-corrected chi connectivity index (χ3v) is 5.12. The first-order valence-electron chi connectivity index (χ1n) is 8.98. The highest BCUT2D eigenvalue weighted by Gasteiger charge is 2.35. The summed E-state index contributed by atoms with van der Waals surface area (Å²) in [5, 5.41) is 8.89. The quantitative estimate of drug-likeness (QED) is 0.858. The first-order chi connectivity index (χ1) is 12.6. The molecule has 1 saturated carbocycles. The summed E-state index contributed by atoms with van der Waals surface area (Å²) < 4.78 is 5.63. The fourth-order valence-corrected chi connectivity index (χ4v) is 3.70. The Bertz CT molecular complexity index is 798. The Kier molecular flexibility index (Phi) is 4.37. The molecular formula is C21H21NO4. The van der Waals surface area contributed by atoms with E-state index in [1.165, 1.54) is 22.3 Å². The normalized spacial score (nSPS) is 15.2. The van der Waals surface area contributed by atoms with Crippen molar-refractivity contribution in [2.45, 2.75) is 31.2 Å². The number of rotatable bonds is 6. The molecular weight excluding hydrogens is 330 g/mol. The minimum atomic E-state index is -0.901. The Hall–Kier alpha value is -2.82. The molecule has 0 atom stereocenters. The predicted octanol–water partition coefficient (Wildman–Crippen LogP) is 3.87. The Morgan fingerprint density at radius 3 is 2.12 bits per heavy atom. The van der Waals surface area contributed by atoms with Gasteiger partial charge < -0.3 is 14.7 Å². The molecule has 134 valence electrons. The van der Waals surface area contributed by atoms with Crippen LogP contribution in [0.3, 0.4) is 0 Å². The van der Waals surface area contributed by atoms with E-state index in [-0.39, 0.29) is 31.5 Å². The standard InChI is InChI=1S/C21H21NO4/c23-20(24)11-12-22(14-9-10-14)21(25)26-13-19-17-7-3-1-5-15(17)16-6-2-4-8-18(16)19/h1-8,14,19H,9-13H2,(H,23,24). The summed E-state index contributed by atoms with van der Waals surface area (Å²) in [7, 11) is 0. The van der Waals surface area contributed by atoms with Gasteiger partial charge in [-0.05, 0) is 35.1 Å². The van der Waals surface area contributed by atoms with Gasteiger partial charge in [0.15, 0.2) is 0 Å². The molecule has 0 bridgehead atoms. The van der Waals surface area contributed by atoms with Crippen LogP contribution < -0.4 is 0 Å². The van der Waals surface area contributed by atoms with Gasteiger partial charge in [0.25, 0.3) is 0 Å². The maximum atomic E-state index is 12.5. The lowest BCUT2D eigenvalue weighted by Crippen LogP contribution is -2.36. The summed E-state index contributed by atoms with van der Waals surface area (Å²) in [4.78, 5) is 24.9. The van der Waals surface area contributed by atoms with Gasteiger partial charge in [-0.15, -0.1) is 0 Å². The van der Waals surface area contributed by atoms with Crippen molar-refractivity contribution in [2.24, 2.45) is 0 Å². The van der Waals surface area contributed by atoms with Crippen LogP contribution in [-0.2, 0) is 9.53 Å². The van der Waals surface area contributed by atoms with Crippen molar-refractivity contribution in [2.75, 3.05) is 13.2 Å². The number of hydrogen-bond donors (Lipinski definition) is 1. The molecule has 1 N–H and O–H groups in total. The fraction of sp³-hybridized carbons (Fsp3) is 0.333. The molecule has 5 nitrogen and oxygen atoms in total. The molecule has 0 aliphatic heterocycles. The number of carboxylic acid groups (broad SMARTS) is 1. The average molecular weight is 351 g/mol. The van der Waals surface area contributed by atoms with E-state index < -0.39 is 12.1 Å². The van der Waals surface area contributed by atoms with E-state index in [4.69, 9.17) is 9.84 Å². The summed E-state index contributed by atoms with van der Waals surface area (Å²) in [5.74, 6) is -0.881. The van der Waals surface area contributed by atoms with E-state index in [9.17, 15) is 9.59 Å². The number of carboxylic acids is 1. The summed E-state index contributed by atoms with van der Waals surface area (Å²) >= 11 is 0. The lowest BCUT2D eigenvalue weighted by Gasteiger charge is -2.22. The highest BCUT2D eigenvalue weighted by Crippen LogP contribution is 2.44. The number of carbonyl (C=O) groups excluding carboxylic acids is 1. The van der Waals surface area contributed by atoms with Crippen LogP contribution in [0.1, 0.15) is 36.3 Å². The topological polar surface area (TPSA) is 66.8 Å². The van der Waals surface area contributed by atoms with Crippen molar-refractivity contribution >= 4 is 12.1 Å². The molecule has 0 heterocycles. The van der Waals surface area contributed by atoms with E-state index >= 15 is 0 Å². The molecule has 0 spiro atoms. The molecule has 5 heteroatoms. The first-order valence-corrected chi connectivity index (χ1v) is 8.98. The number of benzene rings is 2. The van der Waals surface area contributed by atoms with Gasteiger partial charge in [0.05, 0.1) is 6.42 Å². The van der Waals surface area contributed by atoms with Crippen LogP contribution in [0.5, 0.6) is 0 Å². The molecule has 0 unspecified atom stereocenters. The van der Waals surface area contributed by atoms with Gasteiger partial charge in [0.1, 0.15) is 6.61 Å². The molecule has 1 fully saturated rings. The van der Waals surface area contributed by atoms with Crippen LogP contribution >= 0.6 is 0 Å². The van der Waals surface area contributed by atoms with Crippen LogP contribution in [0.25, 0.3) is 11.1 Å². The lowest BCUT2D eigenvalue weighted by molar-refractivity contribution is -0.137. The SMILES string of the molecule is O=C(O)CCN(C(=O)OCC1c2ccccc2-c2ccccc21)C1CC1. The van der Waals surface area contributed by atoms with Crippen LogP contribution in [0.2, 0.25) is 0 Å². The van der Waals surface area contributed by atoms with E-state index in [0.29, 0.717) is 0 Å². The molecule has 0 radical (unpaired) electrons. The number of carbonyl (C=O) groups is 2. The molecule has 2 aromatic carbocycles. The molecule has 2 aromatic rings. The third-order valence-electron chi connectivity index (χ3n) is 5.12. The Balaban J connectivity index is 1.49. The van der Waals surface area contributed by atoms with Crippen LogP contribution in [-0.4, -0.2) is 41.3 Å². The average Bonchev–Trinajstić information content (AvgIpc) is 3.43. The second-order valence-electron chi connectivity index (χ2n) is 6.87. The largest absolute Gasteiger partial charge is 0.481 e. The second-order valence-corrected chi connectivity index (χ2v) is 6.87. The minimum absolute atomic E-state index is 0.0203. The minimum Gasteiger partial charge on any atom is -0.481 e. The smallest absolute Gasteiger partial charge is 0.410 e. The zero-order chi connectivity index (χ0) is 18.1. The van der Waals surface area contributed by atoms with Crippen LogP contribution in [0.15, 0.2) is 48.5 Å². The summed E-state index contributed by atoms with van der Waals surface area (Å²) in [5.41, 5.74) is 4.72. The molecule has 4 rings (SSSR count). The molecule has 26 heavy (non-hydrogen) atoms. The van der Waals surface area contributed by atoms with Crippen molar-refractivity contribution in [1.29, 1.82) is 0 Å². The Labute approximate surface area is 152 Å². The molecule has 0 saturated heterocycles. The van der Waals surface area contributed by atoms with E-state index in [0.717, 1.165) is 12.8 Å². The van der Waals surface area contributed by atoms with Gasteiger partial charge in [-0.1, -0.05) is 48.5 Å². The van der Waals surface area contributed by atoms with Gasteiger partial charge in [-0.25, -0.2) is 4.79 Å². The van der Waals surface area contributed by atoms with Crippen molar-refractivity contribution in [3.63, 3.8) is 0 Å². The number of ether oxygens (including phenoxy) is 1. The number of aliphatic carboxylic acids is 1. The maximum absolute atomic E-state index is 12.5. The van der Waals surface area contributed by atoms with Gasteiger partial charge in [-0.2, -0.15) is 0 Å².